The minimum Gasteiger partial charge on any atom is -0.456 e. The number of imidazole rings is 1. The normalized spacial score (nSPS) is 16.8. The number of aromatic nitrogens is 2. The molecule has 0 saturated carbocycles. The Hall–Kier alpha value is -4.15. The predicted octanol–water partition coefficient (Wildman–Crippen LogP) is 4.55. The fraction of sp³-hybridized carbons (Fsp3) is 0.222. The van der Waals surface area contributed by atoms with Gasteiger partial charge in [0.1, 0.15) is 17.6 Å². The second-order valence-corrected chi connectivity index (χ2v) is 8.71. The average Bonchev–Trinajstić information content (AvgIpc) is 3.28. The number of anilines is 1. The van der Waals surface area contributed by atoms with Crippen molar-refractivity contribution in [2.45, 2.75) is 26.1 Å². The number of benzene rings is 3. The van der Waals surface area contributed by atoms with Gasteiger partial charge in [0, 0.05) is 31.7 Å². The summed E-state index contributed by atoms with van der Waals surface area (Å²) in [7, 11) is 3.76. The monoisotopic (exact) mass is 451 g/mol. The quantitative estimate of drug-likeness (QED) is 0.392. The SMILES string of the molecule is C[C@H]1C(=O)N(C)c2cccc3ccc(cc23)Oc2cc(ccc2C#N)Cn2cncc2CN1C. The third kappa shape index (κ3) is 3.89. The second-order valence-electron chi connectivity index (χ2n) is 8.71. The number of rotatable bonds is 0. The maximum atomic E-state index is 13.4. The Morgan fingerprint density at radius 2 is 1.94 bits per heavy atom. The molecular formula is C27H25N5O2. The average molecular weight is 452 g/mol. The Morgan fingerprint density at radius 1 is 1.09 bits per heavy atom. The summed E-state index contributed by atoms with van der Waals surface area (Å²) in [6.07, 6.45) is 3.61. The van der Waals surface area contributed by atoms with Crippen molar-refractivity contribution < 1.29 is 9.53 Å². The smallest absolute Gasteiger partial charge is 0.243 e. The molecule has 0 spiro atoms. The molecule has 4 bridgehead atoms. The molecule has 1 atom stereocenters. The van der Waals surface area contributed by atoms with Crippen molar-refractivity contribution in [1.29, 1.82) is 5.26 Å². The van der Waals surface area contributed by atoms with Crippen LogP contribution in [0.3, 0.4) is 0 Å². The molecule has 1 aliphatic heterocycles. The zero-order chi connectivity index (χ0) is 23.8. The number of ether oxygens (including phenoxy) is 1. The van der Waals surface area contributed by atoms with Gasteiger partial charge in [-0.05, 0) is 55.3 Å². The Bertz CT molecular complexity index is 1430. The molecule has 2 heterocycles. The lowest BCUT2D eigenvalue weighted by Crippen LogP contribution is -2.44. The van der Waals surface area contributed by atoms with Crippen LogP contribution in [0, 0.1) is 11.3 Å². The van der Waals surface area contributed by atoms with Crippen molar-refractivity contribution in [2.24, 2.45) is 0 Å². The molecule has 1 aromatic heterocycles. The van der Waals surface area contributed by atoms with Crippen molar-refractivity contribution in [3.63, 3.8) is 0 Å². The minimum atomic E-state index is -0.336. The molecule has 4 aromatic rings. The van der Waals surface area contributed by atoms with Gasteiger partial charge in [0.2, 0.25) is 5.91 Å². The van der Waals surface area contributed by atoms with E-state index in [9.17, 15) is 10.1 Å². The molecule has 7 nitrogen and oxygen atoms in total. The third-order valence-electron chi connectivity index (χ3n) is 6.50. The second kappa shape index (κ2) is 8.65. The van der Waals surface area contributed by atoms with Gasteiger partial charge < -0.3 is 14.2 Å². The molecule has 34 heavy (non-hydrogen) atoms. The Morgan fingerprint density at radius 3 is 2.76 bits per heavy atom. The summed E-state index contributed by atoms with van der Waals surface area (Å²) in [6.45, 7) is 3.07. The van der Waals surface area contributed by atoms with Crippen LogP contribution >= 0.6 is 0 Å². The first-order valence-electron chi connectivity index (χ1n) is 11.1. The number of likely N-dealkylation sites (N-methyl/N-ethyl adjacent to an activating group) is 2. The summed E-state index contributed by atoms with van der Waals surface area (Å²) in [6, 6.07) is 19.2. The Balaban J connectivity index is 1.68. The van der Waals surface area contributed by atoms with E-state index in [-0.39, 0.29) is 11.9 Å². The highest BCUT2D eigenvalue weighted by atomic mass is 16.5. The zero-order valence-electron chi connectivity index (χ0n) is 19.4. The van der Waals surface area contributed by atoms with Gasteiger partial charge in [0.25, 0.3) is 0 Å². The van der Waals surface area contributed by atoms with E-state index in [0.717, 1.165) is 27.7 Å². The van der Waals surface area contributed by atoms with Gasteiger partial charge in [-0.2, -0.15) is 5.26 Å². The highest BCUT2D eigenvalue weighted by Gasteiger charge is 2.25. The largest absolute Gasteiger partial charge is 0.456 e. The molecule has 1 aliphatic rings. The van der Waals surface area contributed by atoms with Crippen molar-refractivity contribution in [3.8, 4) is 17.6 Å². The molecule has 0 aliphatic carbocycles. The van der Waals surface area contributed by atoms with Crippen LogP contribution in [0.2, 0.25) is 0 Å². The fourth-order valence-electron chi connectivity index (χ4n) is 4.36. The number of nitrogens with zero attached hydrogens (tertiary/aromatic N) is 5. The van der Waals surface area contributed by atoms with Crippen LogP contribution in [0.5, 0.6) is 11.5 Å². The van der Waals surface area contributed by atoms with Crippen molar-refractivity contribution in [2.75, 3.05) is 19.0 Å². The molecule has 0 radical (unpaired) electrons. The summed E-state index contributed by atoms with van der Waals surface area (Å²) < 4.78 is 8.26. The summed E-state index contributed by atoms with van der Waals surface area (Å²) >= 11 is 0. The zero-order valence-corrected chi connectivity index (χ0v) is 19.4. The van der Waals surface area contributed by atoms with E-state index in [4.69, 9.17) is 4.74 Å². The van der Waals surface area contributed by atoms with Gasteiger partial charge in [-0.3, -0.25) is 9.69 Å². The van der Waals surface area contributed by atoms with Gasteiger partial charge >= 0.3 is 0 Å². The maximum Gasteiger partial charge on any atom is 0.243 e. The Kier molecular flexibility index (Phi) is 5.52. The van der Waals surface area contributed by atoms with Gasteiger partial charge in [-0.25, -0.2) is 4.98 Å². The summed E-state index contributed by atoms with van der Waals surface area (Å²) in [5.41, 5.74) is 3.26. The van der Waals surface area contributed by atoms with E-state index >= 15 is 0 Å². The van der Waals surface area contributed by atoms with E-state index in [0.29, 0.717) is 30.2 Å². The fourth-order valence-corrected chi connectivity index (χ4v) is 4.36. The first kappa shape index (κ1) is 21.7. The van der Waals surface area contributed by atoms with E-state index in [1.807, 2.05) is 73.6 Å². The van der Waals surface area contributed by atoms with Crippen molar-refractivity contribution >= 4 is 22.4 Å². The number of carbonyl (C=O) groups is 1. The lowest BCUT2D eigenvalue weighted by Gasteiger charge is -2.29. The summed E-state index contributed by atoms with van der Waals surface area (Å²) in [5, 5.41) is 11.6. The number of fused-ring (bicyclic) bond motifs is 4. The maximum absolute atomic E-state index is 13.4. The summed E-state index contributed by atoms with van der Waals surface area (Å²) in [5.74, 6) is 1.10. The van der Waals surface area contributed by atoms with Gasteiger partial charge in [0.15, 0.2) is 0 Å². The molecule has 1 amide bonds. The highest BCUT2D eigenvalue weighted by molar-refractivity contribution is 6.05. The lowest BCUT2D eigenvalue weighted by molar-refractivity contribution is -0.122. The van der Waals surface area contributed by atoms with Crippen LogP contribution in [0.25, 0.3) is 10.8 Å². The van der Waals surface area contributed by atoms with Crippen LogP contribution in [-0.2, 0) is 17.9 Å². The highest BCUT2D eigenvalue weighted by Crippen LogP contribution is 2.33. The minimum absolute atomic E-state index is 0.00327. The van der Waals surface area contributed by atoms with E-state index in [1.54, 1.807) is 24.3 Å². The first-order valence-corrected chi connectivity index (χ1v) is 11.1. The number of amides is 1. The third-order valence-corrected chi connectivity index (χ3v) is 6.50. The molecule has 0 saturated heterocycles. The molecular weight excluding hydrogens is 426 g/mol. The van der Waals surface area contributed by atoms with E-state index in [2.05, 4.69) is 15.6 Å². The first-order chi connectivity index (χ1) is 16.4. The number of hydrogen-bond donors (Lipinski definition) is 0. The number of carbonyl (C=O) groups excluding carboxylic acids is 1. The predicted molar refractivity (Wildman–Crippen MR) is 131 cm³/mol. The van der Waals surface area contributed by atoms with Crippen LogP contribution in [0.15, 0.2) is 67.1 Å². The van der Waals surface area contributed by atoms with E-state index in [1.165, 1.54) is 0 Å². The molecule has 5 rings (SSSR count). The molecule has 170 valence electrons. The molecule has 0 fully saturated rings. The molecule has 0 N–H and O–H groups in total. The van der Waals surface area contributed by atoms with Crippen LogP contribution in [0.1, 0.15) is 23.7 Å². The van der Waals surface area contributed by atoms with Gasteiger partial charge in [-0.1, -0.05) is 24.3 Å². The molecule has 3 aromatic carbocycles. The molecule has 7 heteroatoms. The van der Waals surface area contributed by atoms with Gasteiger partial charge in [0.05, 0.1) is 29.3 Å². The summed E-state index contributed by atoms with van der Waals surface area (Å²) in [4.78, 5) is 21.5. The topological polar surface area (TPSA) is 74.4 Å². The van der Waals surface area contributed by atoms with Crippen molar-refractivity contribution in [1.82, 2.24) is 14.5 Å². The standard InChI is InChI=1S/C27H25N5O2/c1-18-27(33)31(3)25-6-4-5-20-9-10-23(12-24(20)25)34-26-11-19(7-8-21(26)13-28)15-32-17-29-14-22(32)16-30(18)2/h4-12,14,17-18H,15-16H2,1-3H3/t18-/m0/s1. The molecule has 0 unspecified atom stereocenters. The Labute approximate surface area is 198 Å². The van der Waals surface area contributed by atoms with Gasteiger partial charge in [-0.15, -0.1) is 0 Å². The van der Waals surface area contributed by atoms with Crippen LogP contribution < -0.4 is 9.64 Å². The lowest BCUT2D eigenvalue weighted by atomic mass is 10.1. The van der Waals surface area contributed by atoms with E-state index < -0.39 is 0 Å². The number of nitriles is 1. The number of hydrogen-bond acceptors (Lipinski definition) is 5. The van der Waals surface area contributed by atoms with Crippen LogP contribution in [0.4, 0.5) is 5.69 Å². The van der Waals surface area contributed by atoms with Crippen LogP contribution in [-0.4, -0.2) is 40.5 Å². The van der Waals surface area contributed by atoms with Crippen molar-refractivity contribution in [3.05, 3.63) is 83.9 Å².